The van der Waals surface area contributed by atoms with Gasteiger partial charge in [-0.2, -0.15) is 4.99 Å². The molecule has 0 saturated carbocycles. The predicted molar refractivity (Wildman–Crippen MR) is 109 cm³/mol. The van der Waals surface area contributed by atoms with Crippen LogP contribution in [0.15, 0.2) is 47.5 Å². The van der Waals surface area contributed by atoms with Crippen molar-refractivity contribution < 1.29 is 14.3 Å². The number of benzene rings is 2. The van der Waals surface area contributed by atoms with Crippen LogP contribution in [0.5, 0.6) is 5.75 Å². The van der Waals surface area contributed by atoms with Gasteiger partial charge in [0, 0.05) is 18.2 Å². The van der Waals surface area contributed by atoms with E-state index >= 15 is 0 Å². The van der Waals surface area contributed by atoms with Gasteiger partial charge < -0.3 is 14.0 Å². The lowest BCUT2D eigenvalue weighted by atomic mass is 10.2. The smallest absolute Gasteiger partial charge is 0.283 e. The lowest BCUT2D eigenvalue weighted by Gasteiger charge is -2.07. The van der Waals surface area contributed by atoms with E-state index in [2.05, 4.69) is 4.99 Å². The zero-order chi connectivity index (χ0) is 19.2. The summed E-state index contributed by atoms with van der Waals surface area (Å²) in [6.07, 6.45) is 0. The van der Waals surface area contributed by atoms with E-state index in [0.717, 1.165) is 10.2 Å². The maximum atomic E-state index is 12.8. The number of ether oxygens (including phenoxy) is 2. The van der Waals surface area contributed by atoms with Crippen LogP contribution < -0.4 is 9.54 Å². The highest BCUT2D eigenvalue weighted by molar-refractivity contribution is 7.16. The molecule has 0 aliphatic rings. The number of hydrogen-bond donors (Lipinski definition) is 0. The van der Waals surface area contributed by atoms with E-state index in [-0.39, 0.29) is 5.91 Å². The van der Waals surface area contributed by atoms with Crippen LogP contribution in [0.25, 0.3) is 10.2 Å². The number of amides is 1. The summed E-state index contributed by atoms with van der Waals surface area (Å²) in [6.45, 7) is 6.11. The minimum atomic E-state index is -0.332. The molecule has 3 aromatic rings. The van der Waals surface area contributed by atoms with Gasteiger partial charge in [-0.3, -0.25) is 4.79 Å². The zero-order valence-corrected chi connectivity index (χ0v) is 16.8. The first kappa shape index (κ1) is 19.6. The molecule has 7 heteroatoms. The van der Waals surface area contributed by atoms with Crippen molar-refractivity contribution in [3.63, 3.8) is 0 Å². The van der Waals surface area contributed by atoms with Crippen LogP contribution in [0, 0.1) is 0 Å². The first-order chi connectivity index (χ1) is 13.1. The third-order valence-electron chi connectivity index (χ3n) is 3.92. The van der Waals surface area contributed by atoms with Gasteiger partial charge in [-0.15, -0.1) is 0 Å². The molecule has 1 heterocycles. The van der Waals surface area contributed by atoms with Crippen molar-refractivity contribution in [3.8, 4) is 5.75 Å². The molecular weight excluding hydrogens is 384 g/mol. The molecule has 0 atom stereocenters. The summed E-state index contributed by atoms with van der Waals surface area (Å²) in [5.41, 5.74) is 1.43. The minimum absolute atomic E-state index is 0.332. The van der Waals surface area contributed by atoms with Crippen LogP contribution in [-0.2, 0) is 11.3 Å². The molecule has 0 aliphatic carbocycles. The molecule has 2 aromatic carbocycles. The van der Waals surface area contributed by atoms with Crippen LogP contribution in [0.1, 0.15) is 24.2 Å². The second kappa shape index (κ2) is 9.17. The Morgan fingerprint density at radius 3 is 2.78 bits per heavy atom. The summed E-state index contributed by atoms with van der Waals surface area (Å²) >= 11 is 7.56. The molecule has 142 valence electrons. The van der Waals surface area contributed by atoms with E-state index in [1.54, 1.807) is 18.2 Å². The Morgan fingerprint density at radius 1 is 1.19 bits per heavy atom. The zero-order valence-electron chi connectivity index (χ0n) is 15.3. The summed E-state index contributed by atoms with van der Waals surface area (Å²) in [4.78, 5) is 17.8. The Balaban J connectivity index is 2.06. The van der Waals surface area contributed by atoms with E-state index in [4.69, 9.17) is 21.1 Å². The van der Waals surface area contributed by atoms with Gasteiger partial charge in [0.1, 0.15) is 5.75 Å². The van der Waals surface area contributed by atoms with Gasteiger partial charge in [0.2, 0.25) is 0 Å². The van der Waals surface area contributed by atoms with E-state index in [1.165, 1.54) is 11.3 Å². The molecule has 3 rings (SSSR count). The van der Waals surface area contributed by atoms with Gasteiger partial charge in [-0.05, 0) is 44.2 Å². The fourth-order valence-corrected chi connectivity index (χ4v) is 4.05. The Bertz CT molecular complexity index is 1010. The highest BCUT2D eigenvalue weighted by atomic mass is 35.5. The van der Waals surface area contributed by atoms with Gasteiger partial charge in [-0.1, -0.05) is 35.1 Å². The van der Waals surface area contributed by atoms with Gasteiger partial charge in [-0.25, -0.2) is 0 Å². The molecule has 0 spiro atoms. The van der Waals surface area contributed by atoms with E-state index in [9.17, 15) is 4.79 Å². The third-order valence-corrected chi connectivity index (χ3v) is 5.20. The Labute approximate surface area is 166 Å². The summed E-state index contributed by atoms with van der Waals surface area (Å²) < 4.78 is 14.0. The number of nitrogens with zero attached hydrogens (tertiary/aromatic N) is 2. The number of carbonyl (C=O) groups is 1. The lowest BCUT2D eigenvalue weighted by Crippen LogP contribution is -2.20. The quantitative estimate of drug-likeness (QED) is 0.543. The van der Waals surface area contributed by atoms with Crippen molar-refractivity contribution in [1.29, 1.82) is 0 Å². The Kier molecular flexibility index (Phi) is 6.66. The maximum absolute atomic E-state index is 12.8. The van der Waals surface area contributed by atoms with Crippen LogP contribution in [0.4, 0.5) is 0 Å². The van der Waals surface area contributed by atoms with Crippen molar-refractivity contribution >= 4 is 39.1 Å². The van der Waals surface area contributed by atoms with Crippen molar-refractivity contribution in [2.75, 3.05) is 19.8 Å². The number of para-hydroxylation sites is 1. The number of hydrogen-bond acceptors (Lipinski definition) is 4. The van der Waals surface area contributed by atoms with Crippen LogP contribution >= 0.6 is 22.9 Å². The van der Waals surface area contributed by atoms with Gasteiger partial charge in [0.05, 0.1) is 29.0 Å². The number of rotatable bonds is 7. The largest absolute Gasteiger partial charge is 0.493 e. The second-order valence-electron chi connectivity index (χ2n) is 5.69. The van der Waals surface area contributed by atoms with Crippen molar-refractivity contribution in [2.45, 2.75) is 20.4 Å². The highest BCUT2D eigenvalue weighted by Gasteiger charge is 2.13. The lowest BCUT2D eigenvalue weighted by molar-refractivity contribution is 0.0993. The molecule has 0 fully saturated rings. The molecule has 0 unspecified atom stereocenters. The normalized spacial score (nSPS) is 11.9. The number of thiazole rings is 1. The molecule has 0 saturated heterocycles. The molecule has 1 amide bonds. The van der Waals surface area contributed by atoms with E-state index in [1.807, 2.05) is 42.7 Å². The van der Waals surface area contributed by atoms with Crippen LogP contribution in [-0.4, -0.2) is 30.3 Å². The Hall–Kier alpha value is -2.15. The number of carbonyl (C=O) groups excluding carboxylic acids is 1. The molecule has 0 bridgehead atoms. The van der Waals surface area contributed by atoms with Crippen LogP contribution in [0.3, 0.4) is 0 Å². The maximum Gasteiger partial charge on any atom is 0.283 e. The topological polar surface area (TPSA) is 52.8 Å². The number of aromatic nitrogens is 1. The fraction of sp³-hybridized carbons (Fsp3) is 0.300. The summed E-state index contributed by atoms with van der Waals surface area (Å²) in [7, 11) is 0. The average Bonchev–Trinajstić information content (AvgIpc) is 2.99. The molecule has 1 aromatic heterocycles. The van der Waals surface area contributed by atoms with Crippen molar-refractivity contribution in [1.82, 2.24) is 4.57 Å². The third kappa shape index (κ3) is 4.58. The summed E-state index contributed by atoms with van der Waals surface area (Å²) in [6, 6.07) is 12.8. The van der Waals surface area contributed by atoms with Crippen molar-refractivity contribution in [3.05, 3.63) is 57.9 Å². The number of halogens is 1. The van der Waals surface area contributed by atoms with E-state index < -0.39 is 0 Å². The molecule has 0 N–H and O–H groups in total. The average molecular weight is 405 g/mol. The molecule has 27 heavy (non-hydrogen) atoms. The fourth-order valence-electron chi connectivity index (χ4n) is 2.72. The molecular formula is C20H21ClN2O3S. The standard InChI is InChI=1S/C20H21ClN2O3S/c1-3-25-12-11-23-16-10-9-14(21)13-18(16)27-20(23)22-19(24)15-7-5-6-8-17(15)26-4-2/h5-10,13H,3-4,11-12H2,1-2H3. The monoisotopic (exact) mass is 404 g/mol. The van der Waals surface area contributed by atoms with Gasteiger partial charge in [0.25, 0.3) is 5.91 Å². The van der Waals surface area contributed by atoms with Gasteiger partial charge in [0.15, 0.2) is 4.80 Å². The van der Waals surface area contributed by atoms with Crippen LogP contribution in [0.2, 0.25) is 5.02 Å². The summed E-state index contributed by atoms with van der Waals surface area (Å²) in [5.74, 6) is 0.209. The minimum Gasteiger partial charge on any atom is -0.493 e. The highest BCUT2D eigenvalue weighted by Crippen LogP contribution is 2.23. The molecule has 0 aliphatic heterocycles. The second-order valence-corrected chi connectivity index (χ2v) is 7.14. The first-order valence-corrected chi connectivity index (χ1v) is 10.0. The molecule has 0 radical (unpaired) electrons. The SMILES string of the molecule is CCOCCn1c(=NC(=O)c2ccccc2OCC)sc2cc(Cl)ccc21. The molecule has 5 nitrogen and oxygen atoms in total. The van der Waals surface area contributed by atoms with Crippen molar-refractivity contribution in [2.24, 2.45) is 4.99 Å². The predicted octanol–water partition coefficient (Wildman–Crippen LogP) is 4.53. The summed E-state index contributed by atoms with van der Waals surface area (Å²) in [5, 5.41) is 0.653. The Morgan fingerprint density at radius 2 is 2.00 bits per heavy atom. The first-order valence-electron chi connectivity index (χ1n) is 8.81. The van der Waals surface area contributed by atoms with E-state index in [0.29, 0.717) is 47.5 Å². The number of fused-ring (bicyclic) bond motifs is 1. The van der Waals surface area contributed by atoms with Gasteiger partial charge >= 0.3 is 0 Å².